The highest BCUT2D eigenvalue weighted by Crippen LogP contribution is 2.28. The van der Waals surface area contributed by atoms with Crippen molar-refractivity contribution in [1.82, 2.24) is 4.98 Å². The molecule has 0 N–H and O–H groups in total. The Balaban J connectivity index is 2.15. The lowest BCUT2D eigenvalue weighted by atomic mass is 10.0. The third-order valence-corrected chi connectivity index (χ3v) is 4.85. The average molecular weight is 285 g/mol. The smallest absolute Gasteiger partial charge is 0.191 e. The Morgan fingerprint density at radius 1 is 1.10 bits per heavy atom. The number of hydrogen-bond donors (Lipinski definition) is 0. The van der Waals surface area contributed by atoms with E-state index in [1.54, 1.807) is 48.8 Å². The normalized spacial score (nSPS) is 18.8. The molecule has 0 bridgehead atoms. The predicted molar refractivity (Wildman–Crippen MR) is 75.0 cm³/mol. The molecule has 0 unspecified atom stereocenters. The summed E-state index contributed by atoms with van der Waals surface area (Å²) in [6.07, 6.45) is 4.80. The van der Waals surface area contributed by atoms with Crippen LogP contribution < -0.4 is 0 Å². The second-order valence-corrected chi connectivity index (χ2v) is 6.50. The van der Waals surface area contributed by atoms with E-state index in [4.69, 9.17) is 0 Å². The number of fused-ring (bicyclic) bond motifs is 1. The van der Waals surface area contributed by atoms with E-state index in [0.29, 0.717) is 5.56 Å². The molecule has 1 aromatic heterocycles. The molecule has 0 spiro atoms. The van der Waals surface area contributed by atoms with E-state index < -0.39 is 9.84 Å². The van der Waals surface area contributed by atoms with Crippen LogP contribution in [0.1, 0.15) is 15.9 Å². The number of pyridine rings is 1. The van der Waals surface area contributed by atoms with Gasteiger partial charge in [-0.3, -0.25) is 9.78 Å². The van der Waals surface area contributed by atoms with Crippen molar-refractivity contribution in [2.45, 2.75) is 4.90 Å². The first-order valence-corrected chi connectivity index (χ1v) is 7.70. The van der Waals surface area contributed by atoms with Gasteiger partial charge in [-0.1, -0.05) is 18.2 Å². The van der Waals surface area contributed by atoms with Crippen molar-refractivity contribution in [2.24, 2.45) is 0 Å². The minimum absolute atomic E-state index is 0.119. The zero-order valence-corrected chi connectivity index (χ0v) is 11.3. The monoisotopic (exact) mass is 285 g/mol. The molecule has 0 fully saturated rings. The summed E-state index contributed by atoms with van der Waals surface area (Å²) in [5, 5.41) is 0. The number of rotatable bonds is 1. The molecule has 1 aliphatic rings. The summed E-state index contributed by atoms with van der Waals surface area (Å²) in [5.41, 5.74) is 1.23. The molecule has 20 heavy (non-hydrogen) atoms. The quantitative estimate of drug-likeness (QED) is 0.753. The van der Waals surface area contributed by atoms with E-state index in [0.717, 1.165) is 0 Å². The van der Waals surface area contributed by atoms with Crippen molar-refractivity contribution in [1.29, 1.82) is 0 Å². The second-order valence-electron chi connectivity index (χ2n) is 4.54. The zero-order chi connectivity index (χ0) is 14.2. The molecule has 0 saturated carbocycles. The third kappa shape index (κ3) is 2.16. The van der Waals surface area contributed by atoms with Crippen molar-refractivity contribution < 1.29 is 13.2 Å². The van der Waals surface area contributed by atoms with Crippen LogP contribution in [0, 0.1) is 0 Å². The zero-order valence-electron chi connectivity index (χ0n) is 10.5. The summed E-state index contributed by atoms with van der Waals surface area (Å²) in [7, 11) is -3.45. The van der Waals surface area contributed by atoms with Crippen LogP contribution in [0.2, 0.25) is 0 Å². The molecule has 1 aromatic carbocycles. The third-order valence-electron chi connectivity index (χ3n) is 3.13. The maximum absolute atomic E-state index is 12.4. The second kappa shape index (κ2) is 4.68. The van der Waals surface area contributed by atoms with Gasteiger partial charge in [0.2, 0.25) is 0 Å². The molecule has 4 nitrogen and oxygen atoms in total. The number of aromatic nitrogens is 1. The van der Waals surface area contributed by atoms with E-state index in [1.165, 1.54) is 6.07 Å². The van der Waals surface area contributed by atoms with E-state index in [9.17, 15) is 13.2 Å². The largest absolute Gasteiger partial charge is 0.289 e. The van der Waals surface area contributed by atoms with Crippen molar-refractivity contribution >= 4 is 21.7 Å². The number of carbonyl (C=O) groups is 1. The van der Waals surface area contributed by atoms with Gasteiger partial charge in [-0.15, -0.1) is 0 Å². The van der Waals surface area contributed by atoms with Crippen molar-refractivity contribution in [3.05, 3.63) is 65.5 Å². The Bertz CT molecular complexity index is 808. The van der Waals surface area contributed by atoms with Crippen LogP contribution in [0.5, 0.6) is 0 Å². The number of carbonyl (C=O) groups excluding carboxylic acids is 1. The van der Waals surface area contributed by atoms with E-state index in [-0.39, 0.29) is 27.6 Å². The number of sulfone groups is 1. The van der Waals surface area contributed by atoms with Gasteiger partial charge in [0.25, 0.3) is 0 Å². The molecule has 0 atom stereocenters. The van der Waals surface area contributed by atoms with Gasteiger partial charge >= 0.3 is 0 Å². The van der Waals surface area contributed by atoms with Crippen molar-refractivity contribution in [2.75, 3.05) is 5.75 Å². The highest BCUT2D eigenvalue weighted by Gasteiger charge is 2.32. The summed E-state index contributed by atoms with van der Waals surface area (Å²) in [6, 6.07) is 9.83. The van der Waals surface area contributed by atoms with Crippen LogP contribution in [0.15, 0.2) is 59.3 Å². The molecule has 5 heteroatoms. The fraction of sp³-hybridized carbons (Fsp3) is 0.0667. The van der Waals surface area contributed by atoms with Crippen LogP contribution in [0.25, 0.3) is 6.08 Å². The van der Waals surface area contributed by atoms with Crippen molar-refractivity contribution in [3.8, 4) is 0 Å². The predicted octanol–water partition coefficient (Wildman–Crippen LogP) is 2.14. The first kappa shape index (κ1) is 12.7. The van der Waals surface area contributed by atoms with Gasteiger partial charge in [0.1, 0.15) is 0 Å². The van der Waals surface area contributed by atoms with Gasteiger partial charge in [0, 0.05) is 23.5 Å². The highest BCUT2D eigenvalue weighted by molar-refractivity contribution is 7.91. The topological polar surface area (TPSA) is 64.1 Å². The molecule has 1 aliphatic heterocycles. The number of benzene rings is 1. The minimum atomic E-state index is -3.45. The standard InChI is InChI=1S/C15H11NO3S/c17-15-12(8-11-4-3-7-16-9-11)10-20(18,19)14-6-2-1-5-13(14)15/h1-9H,10H2/b12-8+. The first-order chi connectivity index (χ1) is 9.58. The summed E-state index contributed by atoms with van der Waals surface area (Å²) >= 11 is 0. The molecule has 3 rings (SSSR count). The average Bonchev–Trinajstić information content (AvgIpc) is 2.46. The van der Waals surface area contributed by atoms with Gasteiger partial charge in [-0.2, -0.15) is 0 Å². The van der Waals surface area contributed by atoms with Crippen LogP contribution in [0.3, 0.4) is 0 Å². The number of ketones is 1. The van der Waals surface area contributed by atoms with Crippen LogP contribution in [-0.4, -0.2) is 24.9 Å². The van der Waals surface area contributed by atoms with Gasteiger partial charge in [0.05, 0.1) is 10.6 Å². The molecular formula is C15H11NO3S. The fourth-order valence-corrected chi connectivity index (χ4v) is 3.78. The Morgan fingerprint density at radius 2 is 1.90 bits per heavy atom. The van der Waals surface area contributed by atoms with E-state index in [1.807, 2.05) is 0 Å². The number of nitrogens with zero attached hydrogens (tertiary/aromatic N) is 1. The Labute approximate surface area is 116 Å². The molecule has 2 heterocycles. The Kier molecular flexibility index (Phi) is 2.99. The molecule has 0 amide bonds. The molecular weight excluding hydrogens is 274 g/mol. The lowest BCUT2D eigenvalue weighted by Gasteiger charge is -2.17. The minimum Gasteiger partial charge on any atom is -0.289 e. The van der Waals surface area contributed by atoms with E-state index >= 15 is 0 Å². The molecule has 0 saturated heterocycles. The molecule has 0 radical (unpaired) electrons. The lowest BCUT2D eigenvalue weighted by molar-refractivity contribution is 0.103. The van der Waals surface area contributed by atoms with Gasteiger partial charge in [-0.25, -0.2) is 8.42 Å². The van der Waals surface area contributed by atoms with Gasteiger partial charge < -0.3 is 0 Å². The summed E-state index contributed by atoms with van der Waals surface area (Å²) in [4.78, 5) is 16.4. The molecule has 100 valence electrons. The molecule has 2 aromatic rings. The SMILES string of the molecule is O=C1/C(=C/c2cccnc2)CS(=O)(=O)c2ccccc21. The molecule has 0 aliphatic carbocycles. The Hall–Kier alpha value is -2.27. The fourth-order valence-electron chi connectivity index (χ4n) is 2.22. The maximum atomic E-state index is 12.4. The summed E-state index contributed by atoms with van der Waals surface area (Å²) < 4.78 is 24.4. The first-order valence-electron chi connectivity index (χ1n) is 6.05. The number of Topliss-reactive ketones (excluding diaryl/α,β-unsaturated/α-hetero) is 1. The summed E-state index contributed by atoms with van der Waals surface area (Å²) in [5.74, 6) is -0.503. The number of hydrogen-bond acceptors (Lipinski definition) is 4. The van der Waals surface area contributed by atoms with Crippen LogP contribution >= 0.6 is 0 Å². The summed E-state index contributed by atoms with van der Waals surface area (Å²) in [6.45, 7) is 0. The Morgan fingerprint density at radius 3 is 2.65 bits per heavy atom. The van der Waals surface area contributed by atoms with E-state index in [2.05, 4.69) is 4.98 Å². The van der Waals surface area contributed by atoms with Gasteiger partial charge in [-0.05, 0) is 29.8 Å². The maximum Gasteiger partial charge on any atom is 0.191 e. The van der Waals surface area contributed by atoms with Crippen molar-refractivity contribution in [3.63, 3.8) is 0 Å². The van der Waals surface area contributed by atoms with Crippen LogP contribution in [-0.2, 0) is 9.84 Å². The lowest BCUT2D eigenvalue weighted by Crippen LogP contribution is -2.24. The highest BCUT2D eigenvalue weighted by atomic mass is 32.2. The van der Waals surface area contributed by atoms with Crippen LogP contribution in [0.4, 0.5) is 0 Å². The van der Waals surface area contributed by atoms with Gasteiger partial charge in [0.15, 0.2) is 15.6 Å².